The standard InChI is InChI=1S/C17H33ClO2/c1-3-5-6-7-8-9-10-11-12-13-14-16(4-2)20-17(19)15-18/h16H,3-15H2,1-2H3. The molecule has 0 aromatic heterocycles. The van der Waals surface area contributed by atoms with Crippen LogP contribution in [-0.2, 0) is 9.53 Å². The average Bonchev–Trinajstić information content (AvgIpc) is 2.47. The van der Waals surface area contributed by atoms with Gasteiger partial charge < -0.3 is 4.74 Å². The van der Waals surface area contributed by atoms with E-state index in [9.17, 15) is 4.79 Å². The maximum absolute atomic E-state index is 11.1. The summed E-state index contributed by atoms with van der Waals surface area (Å²) in [5.41, 5.74) is 0. The van der Waals surface area contributed by atoms with Crippen LogP contribution in [0.2, 0.25) is 0 Å². The number of carbonyl (C=O) groups excluding carboxylic acids is 1. The first kappa shape index (κ1) is 19.8. The second-order valence-electron chi connectivity index (χ2n) is 5.62. The van der Waals surface area contributed by atoms with Gasteiger partial charge in [0.1, 0.15) is 12.0 Å². The minimum atomic E-state index is -0.286. The second-order valence-corrected chi connectivity index (χ2v) is 5.89. The average molecular weight is 305 g/mol. The number of hydrogen-bond acceptors (Lipinski definition) is 2. The lowest BCUT2D eigenvalue weighted by Gasteiger charge is -2.15. The molecule has 0 bridgehead atoms. The predicted molar refractivity (Wildman–Crippen MR) is 87.4 cm³/mol. The minimum absolute atomic E-state index is 0.0332. The fraction of sp³-hybridized carbons (Fsp3) is 0.941. The van der Waals surface area contributed by atoms with Gasteiger partial charge in [-0.05, 0) is 19.3 Å². The molecule has 0 heterocycles. The van der Waals surface area contributed by atoms with Gasteiger partial charge in [0.25, 0.3) is 0 Å². The van der Waals surface area contributed by atoms with E-state index in [1.54, 1.807) is 0 Å². The van der Waals surface area contributed by atoms with Crippen LogP contribution in [0.1, 0.15) is 90.9 Å². The van der Waals surface area contributed by atoms with Gasteiger partial charge in [0.15, 0.2) is 0 Å². The molecule has 0 aromatic carbocycles. The highest BCUT2D eigenvalue weighted by Crippen LogP contribution is 2.14. The maximum atomic E-state index is 11.1. The molecular formula is C17H33ClO2. The van der Waals surface area contributed by atoms with Gasteiger partial charge in [-0.3, -0.25) is 4.79 Å². The van der Waals surface area contributed by atoms with Gasteiger partial charge >= 0.3 is 5.97 Å². The third kappa shape index (κ3) is 12.8. The molecule has 0 radical (unpaired) electrons. The summed E-state index contributed by atoms with van der Waals surface area (Å²) >= 11 is 5.44. The van der Waals surface area contributed by atoms with E-state index in [-0.39, 0.29) is 18.0 Å². The summed E-state index contributed by atoms with van der Waals surface area (Å²) in [5, 5.41) is 0. The summed E-state index contributed by atoms with van der Waals surface area (Å²) in [4.78, 5) is 11.1. The molecule has 0 aliphatic heterocycles. The van der Waals surface area contributed by atoms with Crippen molar-refractivity contribution in [2.24, 2.45) is 0 Å². The molecule has 0 aliphatic rings. The lowest BCUT2D eigenvalue weighted by atomic mass is 10.0. The quantitative estimate of drug-likeness (QED) is 0.228. The molecule has 0 N–H and O–H groups in total. The molecule has 0 saturated carbocycles. The Morgan fingerprint density at radius 3 is 1.85 bits per heavy atom. The zero-order valence-corrected chi connectivity index (χ0v) is 14.2. The van der Waals surface area contributed by atoms with Crippen LogP contribution in [0.25, 0.3) is 0 Å². The number of esters is 1. The molecule has 120 valence electrons. The number of rotatable bonds is 14. The van der Waals surface area contributed by atoms with Crippen LogP contribution in [0.3, 0.4) is 0 Å². The van der Waals surface area contributed by atoms with E-state index in [1.165, 1.54) is 57.8 Å². The molecule has 0 rings (SSSR count). The van der Waals surface area contributed by atoms with Crippen LogP contribution in [-0.4, -0.2) is 18.0 Å². The monoisotopic (exact) mass is 304 g/mol. The highest BCUT2D eigenvalue weighted by Gasteiger charge is 2.10. The fourth-order valence-corrected chi connectivity index (χ4v) is 2.49. The highest BCUT2D eigenvalue weighted by atomic mass is 35.5. The van der Waals surface area contributed by atoms with E-state index >= 15 is 0 Å². The fourth-order valence-electron chi connectivity index (χ4n) is 2.42. The predicted octanol–water partition coefficient (Wildman–Crippen LogP) is 5.86. The first-order chi connectivity index (χ1) is 9.74. The highest BCUT2D eigenvalue weighted by molar-refractivity contribution is 6.26. The molecule has 1 atom stereocenters. The summed E-state index contributed by atoms with van der Waals surface area (Å²) in [6.07, 6.45) is 15.3. The Morgan fingerprint density at radius 2 is 1.40 bits per heavy atom. The molecule has 0 fully saturated rings. The molecule has 1 unspecified atom stereocenters. The maximum Gasteiger partial charge on any atom is 0.321 e. The van der Waals surface area contributed by atoms with E-state index in [1.807, 2.05) is 0 Å². The smallest absolute Gasteiger partial charge is 0.321 e. The van der Waals surface area contributed by atoms with E-state index in [0.29, 0.717) is 0 Å². The first-order valence-corrected chi connectivity index (χ1v) is 9.03. The first-order valence-electron chi connectivity index (χ1n) is 8.50. The molecule has 0 aromatic rings. The molecule has 0 saturated heterocycles. The van der Waals surface area contributed by atoms with Gasteiger partial charge in [0.05, 0.1) is 0 Å². The van der Waals surface area contributed by atoms with Crippen molar-refractivity contribution in [3.8, 4) is 0 Å². The van der Waals surface area contributed by atoms with Crippen molar-refractivity contribution in [3.63, 3.8) is 0 Å². The normalized spacial score (nSPS) is 12.3. The van der Waals surface area contributed by atoms with Crippen LogP contribution in [0.4, 0.5) is 0 Å². The Hall–Kier alpha value is -0.240. The van der Waals surface area contributed by atoms with Gasteiger partial charge in [0.2, 0.25) is 0 Å². The zero-order chi connectivity index (χ0) is 15.1. The minimum Gasteiger partial charge on any atom is -0.462 e. The largest absolute Gasteiger partial charge is 0.462 e. The van der Waals surface area contributed by atoms with Crippen LogP contribution in [0, 0.1) is 0 Å². The molecular weight excluding hydrogens is 272 g/mol. The zero-order valence-electron chi connectivity index (χ0n) is 13.5. The second kappa shape index (κ2) is 15.2. The van der Waals surface area contributed by atoms with Crippen molar-refractivity contribution in [2.75, 3.05) is 5.88 Å². The van der Waals surface area contributed by atoms with E-state index < -0.39 is 0 Å². The number of ether oxygens (including phenoxy) is 1. The number of unbranched alkanes of at least 4 members (excludes halogenated alkanes) is 9. The number of hydrogen-bond donors (Lipinski definition) is 0. The van der Waals surface area contributed by atoms with Crippen LogP contribution >= 0.6 is 11.6 Å². The van der Waals surface area contributed by atoms with Gasteiger partial charge in [-0.2, -0.15) is 0 Å². The van der Waals surface area contributed by atoms with Crippen molar-refractivity contribution >= 4 is 17.6 Å². The van der Waals surface area contributed by atoms with Gasteiger partial charge in [-0.15, -0.1) is 11.6 Å². The van der Waals surface area contributed by atoms with Crippen molar-refractivity contribution in [1.29, 1.82) is 0 Å². The summed E-state index contributed by atoms with van der Waals surface area (Å²) in [7, 11) is 0. The van der Waals surface area contributed by atoms with Gasteiger partial charge in [0, 0.05) is 0 Å². The number of carbonyl (C=O) groups is 1. The molecule has 0 aliphatic carbocycles. The van der Waals surface area contributed by atoms with Crippen LogP contribution < -0.4 is 0 Å². The third-order valence-electron chi connectivity index (χ3n) is 3.74. The summed E-state index contributed by atoms with van der Waals surface area (Å²) in [5.74, 6) is -0.320. The summed E-state index contributed by atoms with van der Waals surface area (Å²) < 4.78 is 5.26. The Morgan fingerprint density at radius 1 is 0.900 bits per heavy atom. The third-order valence-corrected chi connectivity index (χ3v) is 3.96. The van der Waals surface area contributed by atoms with Gasteiger partial charge in [-0.25, -0.2) is 0 Å². The lowest BCUT2D eigenvalue weighted by molar-refractivity contribution is -0.146. The topological polar surface area (TPSA) is 26.3 Å². The number of alkyl halides is 1. The van der Waals surface area contributed by atoms with Crippen molar-refractivity contribution < 1.29 is 9.53 Å². The van der Waals surface area contributed by atoms with Crippen molar-refractivity contribution in [1.82, 2.24) is 0 Å². The number of halogens is 1. The molecule has 0 amide bonds. The molecule has 0 spiro atoms. The Kier molecular flexibility index (Phi) is 15.0. The Labute approximate surface area is 130 Å². The molecule has 20 heavy (non-hydrogen) atoms. The Balaban J connectivity index is 3.31. The molecule has 3 heteroatoms. The van der Waals surface area contributed by atoms with E-state index in [0.717, 1.165) is 19.3 Å². The Bertz CT molecular complexity index is 219. The van der Waals surface area contributed by atoms with Crippen molar-refractivity contribution in [3.05, 3.63) is 0 Å². The lowest BCUT2D eigenvalue weighted by Crippen LogP contribution is -2.18. The molecule has 2 nitrogen and oxygen atoms in total. The SMILES string of the molecule is CCCCCCCCCCCCC(CC)OC(=O)CCl. The van der Waals surface area contributed by atoms with Gasteiger partial charge in [-0.1, -0.05) is 71.6 Å². The van der Waals surface area contributed by atoms with E-state index in [2.05, 4.69) is 13.8 Å². The summed E-state index contributed by atoms with van der Waals surface area (Å²) in [6, 6.07) is 0. The van der Waals surface area contributed by atoms with E-state index in [4.69, 9.17) is 16.3 Å². The summed E-state index contributed by atoms with van der Waals surface area (Å²) in [6.45, 7) is 4.32. The van der Waals surface area contributed by atoms with Crippen LogP contribution in [0.15, 0.2) is 0 Å². The van der Waals surface area contributed by atoms with Crippen LogP contribution in [0.5, 0.6) is 0 Å². The van der Waals surface area contributed by atoms with Crippen molar-refractivity contribution in [2.45, 2.75) is 97.0 Å².